The number of methoxy groups -OCH3 is 1. The molecule has 0 N–H and O–H groups in total. The summed E-state index contributed by atoms with van der Waals surface area (Å²) in [6.07, 6.45) is 0.493. The van der Waals surface area contributed by atoms with E-state index in [4.69, 9.17) is 14.7 Å². The Labute approximate surface area is 173 Å². The molecule has 2 aromatic rings. The number of carbonyl (C=O) groups is 1. The zero-order valence-corrected chi connectivity index (χ0v) is 17.8. The maximum atomic E-state index is 12.4. The lowest BCUT2D eigenvalue weighted by molar-refractivity contribution is -0.128. The largest absolute Gasteiger partial charge is 0.383 e. The molecule has 156 valence electrons. The van der Waals surface area contributed by atoms with Crippen molar-refractivity contribution in [2.45, 2.75) is 25.4 Å². The van der Waals surface area contributed by atoms with Gasteiger partial charge in [-0.05, 0) is 12.6 Å². The van der Waals surface area contributed by atoms with Gasteiger partial charge in [-0.1, -0.05) is 30.3 Å². The lowest BCUT2D eigenvalue weighted by Gasteiger charge is -2.20. The predicted octanol–water partition coefficient (Wildman–Crippen LogP) is 2.14. The first kappa shape index (κ1) is 21.2. The van der Waals surface area contributed by atoms with Crippen LogP contribution in [0.4, 0.5) is 5.82 Å². The van der Waals surface area contributed by atoms with Crippen molar-refractivity contribution in [1.82, 2.24) is 19.8 Å². The van der Waals surface area contributed by atoms with E-state index in [1.807, 2.05) is 36.0 Å². The summed E-state index contributed by atoms with van der Waals surface area (Å²) in [5.41, 5.74) is 2.20. The number of ether oxygens (including phenoxy) is 1. The zero-order chi connectivity index (χ0) is 20.8. The maximum absolute atomic E-state index is 12.4. The van der Waals surface area contributed by atoms with Gasteiger partial charge in [0.25, 0.3) is 0 Å². The van der Waals surface area contributed by atoms with Crippen LogP contribution in [0.5, 0.6) is 0 Å². The van der Waals surface area contributed by atoms with E-state index < -0.39 is 0 Å². The van der Waals surface area contributed by atoms with Gasteiger partial charge in [-0.15, -0.1) is 0 Å². The normalized spacial score (nSPS) is 16.7. The lowest BCUT2D eigenvalue weighted by Crippen LogP contribution is -2.28. The Kier molecular flexibility index (Phi) is 7.17. The summed E-state index contributed by atoms with van der Waals surface area (Å²) in [6.45, 7) is 3.35. The molecule has 0 aliphatic carbocycles. The second-order valence-corrected chi connectivity index (χ2v) is 7.85. The molecule has 0 bridgehead atoms. The number of carbonyl (C=O) groups excluding carboxylic acids is 1. The number of hydrogen-bond donors (Lipinski definition) is 0. The minimum absolute atomic E-state index is 0.0965. The van der Waals surface area contributed by atoms with E-state index in [1.54, 1.807) is 7.11 Å². The fourth-order valence-corrected chi connectivity index (χ4v) is 3.59. The Balaban J connectivity index is 1.75. The topological polar surface area (TPSA) is 61.8 Å². The summed E-state index contributed by atoms with van der Waals surface area (Å²) in [5.74, 6) is 1.92. The molecule has 1 aliphatic heterocycles. The van der Waals surface area contributed by atoms with Crippen LogP contribution in [0.15, 0.2) is 36.4 Å². The summed E-state index contributed by atoms with van der Waals surface area (Å²) in [5, 5.41) is 0. The zero-order valence-electron chi connectivity index (χ0n) is 17.8. The average molecular weight is 398 g/mol. The molecular formula is C22H31N5O2. The molecule has 7 nitrogen and oxygen atoms in total. The molecule has 1 aromatic heterocycles. The van der Waals surface area contributed by atoms with Gasteiger partial charge >= 0.3 is 0 Å². The van der Waals surface area contributed by atoms with Gasteiger partial charge in [-0.2, -0.15) is 0 Å². The van der Waals surface area contributed by atoms with Gasteiger partial charge in [0.1, 0.15) is 11.6 Å². The first-order valence-electron chi connectivity index (χ1n) is 10.0. The molecular weight excluding hydrogens is 366 g/mol. The van der Waals surface area contributed by atoms with Crippen molar-refractivity contribution in [2.24, 2.45) is 0 Å². The molecule has 0 spiro atoms. The Morgan fingerprint density at radius 3 is 2.59 bits per heavy atom. The van der Waals surface area contributed by atoms with Crippen molar-refractivity contribution in [3.8, 4) is 0 Å². The lowest BCUT2D eigenvalue weighted by atomic mass is 10.0. The van der Waals surface area contributed by atoms with Crippen molar-refractivity contribution in [3.63, 3.8) is 0 Å². The number of aromatic nitrogens is 2. The SMILES string of the molecule is COCCN1CC(c2cc(N(C)C)nc(CN(C)Cc3ccccc3)n2)CC1=O. The third-order valence-corrected chi connectivity index (χ3v) is 5.14. The van der Waals surface area contributed by atoms with Gasteiger partial charge in [0.2, 0.25) is 5.91 Å². The second kappa shape index (κ2) is 9.80. The summed E-state index contributed by atoms with van der Waals surface area (Å²) in [7, 11) is 7.69. The van der Waals surface area contributed by atoms with Gasteiger partial charge in [0.15, 0.2) is 0 Å². The number of nitrogens with zero attached hydrogens (tertiary/aromatic N) is 5. The Hall–Kier alpha value is -2.51. The van der Waals surface area contributed by atoms with Crippen LogP contribution in [0, 0.1) is 0 Å². The molecule has 7 heteroatoms. The number of amides is 1. The highest BCUT2D eigenvalue weighted by Gasteiger charge is 2.31. The van der Waals surface area contributed by atoms with Crippen LogP contribution in [0.25, 0.3) is 0 Å². The summed E-state index contributed by atoms with van der Waals surface area (Å²) in [4.78, 5) is 28.0. The van der Waals surface area contributed by atoms with E-state index in [0.717, 1.165) is 23.9 Å². The minimum Gasteiger partial charge on any atom is -0.383 e. The van der Waals surface area contributed by atoms with Crippen LogP contribution in [-0.4, -0.2) is 73.6 Å². The van der Waals surface area contributed by atoms with Gasteiger partial charge < -0.3 is 14.5 Å². The van der Waals surface area contributed by atoms with Gasteiger partial charge in [0, 0.05) is 59.2 Å². The van der Waals surface area contributed by atoms with Crippen LogP contribution >= 0.6 is 0 Å². The fraction of sp³-hybridized carbons (Fsp3) is 0.500. The van der Waals surface area contributed by atoms with Crippen LogP contribution in [-0.2, 0) is 22.6 Å². The number of hydrogen-bond acceptors (Lipinski definition) is 6. The van der Waals surface area contributed by atoms with Crippen molar-refractivity contribution < 1.29 is 9.53 Å². The van der Waals surface area contributed by atoms with Crippen LogP contribution in [0.3, 0.4) is 0 Å². The van der Waals surface area contributed by atoms with E-state index in [1.165, 1.54) is 5.56 Å². The van der Waals surface area contributed by atoms with Gasteiger partial charge in [-0.3, -0.25) is 9.69 Å². The highest BCUT2D eigenvalue weighted by molar-refractivity contribution is 5.79. The Bertz CT molecular complexity index is 812. The van der Waals surface area contributed by atoms with E-state index in [-0.39, 0.29) is 11.8 Å². The highest BCUT2D eigenvalue weighted by atomic mass is 16.5. The number of anilines is 1. The van der Waals surface area contributed by atoms with E-state index in [2.05, 4.69) is 36.2 Å². The molecule has 1 fully saturated rings. The molecule has 0 saturated carbocycles. The smallest absolute Gasteiger partial charge is 0.223 e. The monoisotopic (exact) mass is 397 g/mol. The molecule has 1 saturated heterocycles. The summed E-state index contributed by atoms with van der Waals surface area (Å²) in [6, 6.07) is 12.4. The first-order valence-corrected chi connectivity index (χ1v) is 10.0. The Morgan fingerprint density at radius 2 is 1.90 bits per heavy atom. The predicted molar refractivity (Wildman–Crippen MR) is 114 cm³/mol. The molecule has 1 aliphatic rings. The number of rotatable bonds is 9. The molecule has 1 unspecified atom stereocenters. The van der Waals surface area contributed by atoms with E-state index in [9.17, 15) is 4.79 Å². The molecule has 29 heavy (non-hydrogen) atoms. The number of benzene rings is 1. The quantitative estimate of drug-likeness (QED) is 0.646. The molecule has 1 amide bonds. The maximum Gasteiger partial charge on any atom is 0.223 e. The van der Waals surface area contributed by atoms with E-state index >= 15 is 0 Å². The highest BCUT2D eigenvalue weighted by Crippen LogP contribution is 2.28. The first-order chi connectivity index (χ1) is 14.0. The molecule has 1 atom stereocenters. The van der Waals surface area contributed by atoms with Crippen molar-refractivity contribution in [1.29, 1.82) is 0 Å². The summed E-state index contributed by atoms with van der Waals surface area (Å²) >= 11 is 0. The molecule has 2 heterocycles. The number of likely N-dealkylation sites (tertiary alicyclic amines) is 1. The van der Waals surface area contributed by atoms with Crippen molar-refractivity contribution in [3.05, 3.63) is 53.5 Å². The summed E-state index contributed by atoms with van der Waals surface area (Å²) < 4.78 is 5.12. The third-order valence-electron chi connectivity index (χ3n) is 5.14. The van der Waals surface area contributed by atoms with Crippen molar-refractivity contribution >= 4 is 11.7 Å². The van der Waals surface area contributed by atoms with Crippen LogP contribution in [0.2, 0.25) is 0 Å². The molecule has 0 radical (unpaired) electrons. The average Bonchev–Trinajstić information content (AvgIpc) is 3.07. The van der Waals surface area contributed by atoms with Crippen LogP contribution < -0.4 is 4.90 Å². The standard InChI is InChI=1S/C22H31N5O2/c1-25(2)21-13-19(18-12-22(28)27(15-18)10-11-29-4)23-20(24-21)16-26(3)14-17-8-6-5-7-9-17/h5-9,13,18H,10-12,14-16H2,1-4H3. The van der Waals surface area contributed by atoms with Gasteiger partial charge in [0.05, 0.1) is 18.8 Å². The molecule has 1 aromatic carbocycles. The van der Waals surface area contributed by atoms with Crippen molar-refractivity contribution in [2.75, 3.05) is 52.8 Å². The van der Waals surface area contributed by atoms with Gasteiger partial charge in [-0.25, -0.2) is 9.97 Å². The van der Waals surface area contributed by atoms with Crippen LogP contribution in [0.1, 0.15) is 29.4 Å². The molecule has 3 rings (SSSR count). The fourth-order valence-electron chi connectivity index (χ4n) is 3.59. The minimum atomic E-state index is 0.0965. The second-order valence-electron chi connectivity index (χ2n) is 7.85. The van der Waals surface area contributed by atoms with E-state index in [0.29, 0.717) is 32.7 Å². The Morgan fingerprint density at radius 1 is 1.14 bits per heavy atom. The third kappa shape index (κ3) is 5.74.